The minimum atomic E-state index is 0. The number of rotatable bonds is 0. The van der Waals surface area contributed by atoms with Gasteiger partial charge in [0.25, 0.3) is 0 Å². The topological polar surface area (TPSA) is 0 Å². The van der Waals surface area contributed by atoms with Crippen molar-refractivity contribution in [3.63, 3.8) is 0 Å². The Morgan fingerprint density at radius 2 is 1.17 bits per heavy atom. The van der Waals surface area contributed by atoms with Gasteiger partial charge >= 0.3 is 18.9 Å². The van der Waals surface area contributed by atoms with Gasteiger partial charge < -0.3 is 0 Å². The predicted octanol–water partition coefficient (Wildman–Crippen LogP) is 2.86. The molecule has 0 unspecified atom stereocenters. The average Bonchev–Trinajstić information content (AvgIpc) is 3.14. The van der Waals surface area contributed by atoms with Gasteiger partial charge in [-0.1, -0.05) is 65.4 Å². The Morgan fingerprint density at radius 3 is 1.87 bits per heavy atom. The minimum absolute atomic E-state index is 0. The Labute approximate surface area is 190 Å². The van der Waals surface area contributed by atoms with E-state index in [4.69, 9.17) is 0 Å². The molecule has 0 spiro atoms. The van der Waals surface area contributed by atoms with Gasteiger partial charge in [0, 0.05) is 16.7 Å². The Morgan fingerprint density at radius 1 is 0.567 bits per heavy atom. The van der Waals surface area contributed by atoms with Gasteiger partial charge in [0.05, 0.1) is 0 Å². The molecule has 5 rings (SSSR count). The van der Waals surface area contributed by atoms with Crippen LogP contribution in [0, 0.1) is 29.7 Å². The molecule has 4 aromatic carbocycles. The zero-order chi connectivity index (χ0) is 19.5. The molecule has 0 N–H and O–H groups in total. The van der Waals surface area contributed by atoms with Gasteiger partial charge in [0.1, 0.15) is 0 Å². The Bertz CT molecular complexity index is 1210. The fourth-order valence-electron chi connectivity index (χ4n) is 3.60. The quantitative estimate of drug-likeness (QED) is 0.223. The van der Waals surface area contributed by atoms with E-state index in [1.54, 1.807) is 0 Å². The van der Waals surface area contributed by atoms with Crippen molar-refractivity contribution in [2.24, 2.45) is 0 Å². The van der Waals surface area contributed by atoms with Crippen molar-refractivity contribution in [1.82, 2.24) is 0 Å². The van der Waals surface area contributed by atoms with Gasteiger partial charge in [-0.3, -0.25) is 0 Å². The minimum Gasteiger partial charge on any atom is -0.186 e. The molecule has 0 nitrogen and oxygen atoms in total. The SMILES string of the molecule is C(#Cc1ccccc1)c1[c-]c2c(cc1)-c1ccc(C#Cc3ccccc3)cc1C2.[Li+]. The third-order valence-electron chi connectivity index (χ3n) is 5.03. The molecule has 134 valence electrons. The van der Waals surface area contributed by atoms with Crippen LogP contribution in [0.3, 0.4) is 0 Å². The normalized spacial score (nSPS) is 10.4. The van der Waals surface area contributed by atoms with Crippen LogP contribution in [0.4, 0.5) is 0 Å². The first-order valence-electron chi connectivity index (χ1n) is 9.68. The number of hydrogen-bond donors (Lipinski definition) is 0. The summed E-state index contributed by atoms with van der Waals surface area (Å²) in [5.74, 6) is 13.0. The van der Waals surface area contributed by atoms with Crippen molar-refractivity contribution in [3.8, 4) is 34.8 Å². The molecule has 4 aromatic rings. The second kappa shape index (κ2) is 8.95. The molecular formula is C29H17Li. The first kappa shape index (κ1) is 19.9. The first-order valence-corrected chi connectivity index (χ1v) is 9.68. The Hall–Kier alpha value is -3.40. The summed E-state index contributed by atoms with van der Waals surface area (Å²) in [5.41, 5.74) is 9.10. The first-order chi connectivity index (χ1) is 14.3. The molecule has 0 saturated carbocycles. The van der Waals surface area contributed by atoms with Crippen LogP contribution in [0.1, 0.15) is 33.4 Å². The molecule has 0 aliphatic heterocycles. The van der Waals surface area contributed by atoms with E-state index >= 15 is 0 Å². The Balaban J connectivity index is 0.00000218. The standard InChI is InChI=1S/C29H17.Li/c1-3-7-22(8-4-1)11-13-24-15-17-28-26(19-24)21-27-20-25(16-18-29(27)28)14-12-23-9-5-2-6-10-23;/h1-10,15-19H,21H2;/q-1;+1. The molecule has 1 aliphatic rings. The number of hydrogen-bond acceptors (Lipinski definition) is 0. The van der Waals surface area contributed by atoms with E-state index in [-0.39, 0.29) is 18.9 Å². The molecule has 0 saturated heterocycles. The van der Waals surface area contributed by atoms with Crippen molar-refractivity contribution in [2.45, 2.75) is 6.42 Å². The zero-order valence-corrected chi connectivity index (χ0v) is 16.9. The predicted molar refractivity (Wildman–Crippen MR) is 118 cm³/mol. The van der Waals surface area contributed by atoms with E-state index in [0.717, 1.165) is 28.7 Å². The van der Waals surface area contributed by atoms with Gasteiger partial charge in [-0.25, -0.2) is 0 Å². The number of benzene rings is 4. The van der Waals surface area contributed by atoms with Crippen LogP contribution in [-0.4, -0.2) is 0 Å². The van der Waals surface area contributed by atoms with Crippen LogP contribution in [0.15, 0.2) is 91.0 Å². The Kier molecular flexibility index (Phi) is 5.94. The second-order valence-corrected chi connectivity index (χ2v) is 7.04. The van der Waals surface area contributed by atoms with Crippen molar-refractivity contribution in [1.29, 1.82) is 0 Å². The average molecular weight is 372 g/mol. The summed E-state index contributed by atoms with van der Waals surface area (Å²) in [6.45, 7) is 0. The third kappa shape index (κ3) is 4.28. The summed E-state index contributed by atoms with van der Waals surface area (Å²) in [6.07, 6.45) is 0.881. The van der Waals surface area contributed by atoms with E-state index in [0.29, 0.717) is 0 Å². The van der Waals surface area contributed by atoms with Crippen molar-refractivity contribution in [2.75, 3.05) is 0 Å². The largest absolute Gasteiger partial charge is 1.00 e. The summed E-state index contributed by atoms with van der Waals surface area (Å²) in [6, 6.07) is 34.4. The van der Waals surface area contributed by atoms with E-state index in [1.807, 2.05) is 60.7 Å². The summed E-state index contributed by atoms with van der Waals surface area (Å²) < 4.78 is 0. The van der Waals surface area contributed by atoms with Gasteiger partial charge in [0.15, 0.2) is 0 Å². The molecule has 0 heterocycles. The van der Waals surface area contributed by atoms with E-state index < -0.39 is 0 Å². The molecule has 30 heavy (non-hydrogen) atoms. The third-order valence-corrected chi connectivity index (χ3v) is 5.03. The van der Waals surface area contributed by atoms with Gasteiger partial charge in [-0.2, -0.15) is 5.92 Å². The summed E-state index contributed by atoms with van der Waals surface area (Å²) in [5, 5.41) is 0. The van der Waals surface area contributed by atoms with E-state index in [9.17, 15) is 0 Å². The van der Waals surface area contributed by atoms with Crippen LogP contribution in [0.5, 0.6) is 0 Å². The van der Waals surface area contributed by atoms with Crippen LogP contribution >= 0.6 is 0 Å². The summed E-state index contributed by atoms with van der Waals surface area (Å²) in [4.78, 5) is 0. The maximum absolute atomic E-state index is 3.51. The van der Waals surface area contributed by atoms with Crippen LogP contribution in [0.2, 0.25) is 0 Å². The molecule has 0 radical (unpaired) electrons. The fourth-order valence-corrected chi connectivity index (χ4v) is 3.60. The van der Waals surface area contributed by atoms with Crippen LogP contribution in [-0.2, 0) is 6.42 Å². The monoisotopic (exact) mass is 372 g/mol. The smallest absolute Gasteiger partial charge is 0.186 e. The fraction of sp³-hybridized carbons (Fsp3) is 0.0345. The van der Waals surface area contributed by atoms with Gasteiger partial charge in [-0.05, 0) is 48.4 Å². The molecule has 0 amide bonds. The van der Waals surface area contributed by atoms with Crippen LogP contribution < -0.4 is 18.9 Å². The van der Waals surface area contributed by atoms with Crippen molar-refractivity contribution >= 4 is 0 Å². The maximum atomic E-state index is 3.51. The molecule has 0 fully saturated rings. The molecule has 0 aromatic heterocycles. The van der Waals surface area contributed by atoms with E-state index in [1.165, 1.54) is 22.3 Å². The van der Waals surface area contributed by atoms with E-state index in [2.05, 4.69) is 60.1 Å². The molecule has 1 heteroatoms. The van der Waals surface area contributed by atoms with Gasteiger partial charge in [-0.15, -0.1) is 35.2 Å². The summed E-state index contributed by atoms with van der Waals surface area (Å²) in [7, 11) is 0. The molecule has 1 aliphatic carbocycles. The molecule has 0 atom stereocenters. The molecular weight excluding hydrogens is 355 g/mol. The van der Waals surface area contributed by atoms with Crippen molar-refractivity contribution < 1.29 is 18.9 Å². The van der Waals surface area contributed by atoms with Crippen LogP contribution in [0.25, 0.3) is 11.1 Å². The maximum Gasteiger partial charge on any atom is 1.00 e. The van der Waals surface area contributed by atoms with Gasteiger partial charge in [0.2, 0.25) is 0 Å². The second-order valence-electron chi connectivity index (χ2n) is 7.04. The summed E-state index contributed by atoms with van der Waals surface area (Å²) >= 11 is 0. The number of fused-ring (bicyclic) bond motifs is 3. The zero-order valence-electron chi connectivity index (χ0n) is 16.9. The molecule has 0 bridgehead atoms. The van der Waals surface area contributed by atoms with Crippen molar-refractivity contribution in [3.05, 3.63) is 130 Å².